The molecule has 1 aromatic heterocycles. The van der Waals surface area contributed by atoms with Gasteiger partial charge in [-0.05, 0) is 32.9 Å². The minimum atomic E-state index is -0.663. The largest absolute Gasteiger partial charge is 0.507 e. The Balaban J connectivity index is 2.28. The number of benzene rings is 1. The van der Waals surface area contributed by atoms with E-state index in [0.29, 0.717) is 11.1 Å². The van der Waals surface area contributed by atoms with Crippen LogP contribution in [0.2, 0.25) is 0 Å². The van der Waals surface area contributed by atoms with Crippen LogP contribution in [0.1, 0.15) is 20.8 Å². The number of amides is 1. The van der Waals surface area contributed by atoms with Gasteiger partial charge in [0.1, 0.15) is 16.9 Å². The summed E-state index contributed by atoms with van der Waals surface area (Å²) in [7, 11) is 0. The lowest BCUT2D eigenvalue weighted by Crippen LogP contribution is -2.27. The third kappa shape index (κ3) is 3.28. The van der Waals surface area contributed by atoms with Crippen molar-refractivity contribution in [2.75, 3.05) is 5.32 Å². The smallest absolute Gasteiger partial charge is 0.412 e. The first-order valence-corrected chi connectivity index (χ1v) is 6.01. The van der Waals surface area contributed by atoms with E-state index in [1.54, 1.807) is 32.9 Å². The Bertz CT molecular complexity index is 712. The van der Waals surface area contributed by atoms with E-state index in [1.807, 2.05) is 0 Å². The molecule has 2 N–H and O–H groups in total. The van der Waals surface area contributed by atoms with E-state index in [-0.39, 0.29) is 11.3 Å². The molecule has 0 fully saturated rings. The number of carbonyl (C=O) groups is 1. The van der Waals surface area contributed by atoms with Crippen molar-refractivity contribution in [3.63, 3.8) is 0 Å². The Morgan fingerprint density at radius 3 is 2.65 bits per heavy atom. The fraction of sp³-hybridized carbons (Fsp3) is 0.286. The number of ether oxygens (including phenoxy) is 1. The van der Waals surface area contributed by atoms with Gasteiger partial charge in [0, 0.05) is 11.8 Å². The highest BCUT2D eigenvalue weighted by molar-refractivity contribution is 5.90. The fourth-order valence-electron chi connectivity index (χ4n) is 1.64. The maximum Gasteiger partial charge on any atom is 0.412 e. The third-order valence-corrected chi connectivity index (χ3v) is 2.37. The fourth-order valence-corrected chi connectivity index (χ4v) is 1.64. The van der Waals surface area contributed by atoms with Gasteiger partial charge in [-0.2, -0.15) is 0 Å². The highest BCUT2D eigenvalue weighted by Gasteiger charge is 2.16. The molecule has 106 valence electrons. The van der Waals surface area contributed by atoms with Crippen molar-refractivity contribution in [3.8, 4) is 5.75 Å². The van der Waals surface area contributed by atoms with Crippen molar-refractivity contribution < 1.29 is 19.1 Å². The van der Waals surface area contributed by atoms with Gasteiger partial charge >= 0.3 is 11.7 Å². The zero-order chi connectivity index (χ0) is 14.9. The van der Waals surface area contributed by atoms with E-state index < -0.39 is 17.3 Å². The molecule has 20 heavy (non-hydrogen) atoms. The van der Waals surface area contributed by atoms with Gasteiger partial charge in [-0.1, -0.05) is 0 Å². The number of nitrogens with one attached hydrogen (secondary N) is 1. The minimum Gasteiger partial charge on any atom is -0.507 e. The molecule has 1 amide bonds. The summed E-state index contributed by atoms with van der Waals surface area (Å²) in [6.07, 6.45) is -0.612. The average Bonchev–Trinajstić information content (AvgIpc) is 2.24. The van der Waals surface area contributed by atoms with E-state index in [1.165, 1.54) is 6.07 Å². The molecule has 0 aliphatic carbocycles. The number of carbonyl (C=O) groups excluding carboxylic acids is 1. The monoisotopic (exact) mass is 277 g/mol. The SMILES string of the molecule is CC(C)(C)OC(=O)Nc1ccc2c(O)cc(=O)oc2c1. The molecule has 6 heteroatoms. The van der Waals surface area contributed by atoms with E-state index in [4.69, 9.17) is 9.15 Å². The van der Waals surface area contributed by atoms with Crippen molar-refractivity contribution >= 4 is 22.7 Å². The van der Waals surface area contributed by atoms with Gasteiger partial charge < -0.3 is 14.3 Å². The van der Waals surface area contributed by atoms with Gasteiger partial charge in [-0.15, -0.1) is 0 Å². The van der Waals surface area contributed by atoms with Gasteiger partial charge in [0.25, 0.3) is 0 Å². The number of rotatable bonds is 1. The van der Waals surface area contributed by atoms with Crippen molar-refractivity contribution in [2.24, 2.45) is 0 Å². The lowest BCUT2D eigenvalue weighted by molar-refractivity contribution is 0.0636. The highest BCUT2D eigenvalue weighted by Crippen LogP contribution is 2.25. The topological polar surface area (TPSA) is 88.8 Å². The van der Waals surface area contributed by atoms with Crippen LogP contribution in [-0.4, -0.2) is 16.8 Å². The van der Waals surface area contributed by atoms with E-state index >= 15 is 0 Å². The Morgan fingerprint density at radius 2 is 2.00 bits per heavy atom. The second kappa shape index (κ2) is 4.88. The van der Waals surface area contributed by atoms with E-state index in [0.717, 1.165) is 6.07 Å². The zero-order valence-corrected chi connectivity index (χ0v) is 11.4. The zero-order valence-electron chi connectivity index (χ0n) is 11.4. The van der Waals surface area contributed by atoms with Crippen LogP contribution in [0.5, 0.6) is 5.75 Å². The van der Waals surface area contributed by atoms with Crippen LogP contribution in [0.3, 0.4) is 0 Å². The normalized spacial score (nSPS) is 11.3. The molecule has 0 unspecified atom stereocenters. The van der Waals surface area contributed by atoms with Crippen LogP contribution in [0, 0.1) is 0 Å². The molecule has 0 atom stereocenters. The van der Waals surface area contributed by atoms with Crippen LogP contribution < -0.4 is 10.9 Å². The van der Waals surface area contributed by atoms with Gasteiger partial charge in [0.05, 0.1) is 11.5 Å². The van der Waals surface area contributed by atoms with Crippen LogP contribution in [-0.2, 0) is 4.74 Å². The second-order valence-corrected chi connectivity index (χ2v) is 5.29. The number of anilines is 1. The number of hydrogen-bond acceptors (Lipinski definition) is 5. The molecule has 2 rings (SSSR count). The first-order valence-electron chi connectivity index (χ1n) is 6.01. The van der Waals surface area contributed by atoms with Crippen LogP contribution >= 0.6 is 0 Å². The van der Waals surface area contributed by atoms with Crippen molar-refractivity contribution in [3.05, 3.63) is 34.7 Å². The molecule has 0 saturated carbocycles. The quantitative estimate of drug-likeness (QED) is 0.782. The number of aromatic hydroxyl groups is 1. The molecule has 0 saturated heterocycles. The number of fused-ring (bicyclic) bond motifs is 1. The predicted molar refractivity (Wildman–Crippen MR) is 74.0 cm³/mol. The highest BCUT2D eigenvalue weighted by atomic mass is 16.6. The molecule has 1 aromatic carbocycles. The molecule has 0 aliphatic rings. The first kappa shape index (κ1) is 13.9. The predicted octanol–water partition coefficient (Wildman–Crippen LogP) is 2.85. The lowest BCUT2D eigenvalue weighted by atomic mass is 10.2. The molecule has 0 aliphatic heterocycles. The molecular weight excluding hydrogens is 262 g/mol. The molecule has 0 radical (unpaired) electrons. The van der Waals surface area contributed by atoms with Gasteiger partial charge in [0.15, 0.2) is 0 Å². The van der Waals surface area contributed by atoms with Gasteiger partial charge in [-0.3, -0.25) is 5.32 Å². The summed E-state index contributed by atoms with van der Waals surface area (Å²) in [5.41, 5.74) is -0.681. The summed E-state index contributed by atoms with van der Waals surface area (Å²) in [6, 6.07) is 5.55. The van der Waals surface area contributed by atoms with Crippen LogP contribution in [0.4, 0.5) is 10.5 Å². The van der Waals surface area contributed by atoms with Crippen LogP contribution in [0.15, 0.2) is 33.5 Å². The molecular formula is C14H15NO5. The van der Waals surface area contributed by atoms with Gasteiger partial charge in [-0.25, -0.2) is 9.59 Å². The van der Waals surface area contributed by atoms with Crippen molar-refractivity contribution in [1.29, 1.82) is 0 Å². The molecule has 6 nitrogen and oxygen atoms in total. The Hall–Kier alpha value is -2.50. The van der Waals surface area contributed by atoms with E-state index in [2.05, 4.69) is 5.32 Å². The molecule has 2 aromatic rings. The third-order valence-electron chi connectivity index (χ3n) is 2.37. The standard InChI is InChI=1S/C14H15NO5/c1-14(2,3)20-13(18)15-8-4-5-9-10(16)7-12(17)19-11(9)6-8/h4-7,16H,1-3H3,(H,15,18). The summed E-state index contributed by atoms with van der Waals surface area (Å²) < 4.78 is 10.1. The maximum absolute atomic E-state index is 11.6. The maximum atomic E-state index is 11.6. The summed E-state index contributed by atoms with van der Waals surface area (Å²) in [6.45, 7) is 5.26. The summed E-state index contributed by atoms with van der Waals surface area (Å²) in [4.78, 5) is 22.8. The molecule has 1 heterocycles. The van der Waals surface area contributed by atoms with Crippen LogP contribution in [0.25, 0.3) is 11.0 Å². The Kier molecular flexibility index (Phi) is 3.40. The Labute approximate surface area is 115 Å². The summed E-state index contributed by atoms with van der Waals surface area (Å²) in [5.74, 6) is -0.167. The molecule has 0 spiro atoms. The number of hydrogen-bond donors (Lipinski definition) is 2. The second-order valence-electron chi connectivity index (χ2n) is 5.29. The molecule has 0 bridgehead atoms. The lowest BCUT2D eigenvalue weighted by Gasteiger charge is -2.19. The summed E-state index contributed by atoms with van der Waals surface area (Å²) >= 11 is 0. The first-order chi connectivity index (χ1) is 9.24. The Morgan fingerprint density at radius 1 is 1.30 bits per heavy atom. The van der Waals surface area contributed by atoms with E-state index in [9.17, 15) is 14.7 Å². The van der Waals surface area contributed by atoms with Crippen molar-refractivity contribution in [1.82, 2.24) is 0 Å². The summed E-state index contributed by atoms with van der Waals surface area (Å²) in [5, 5.41) is 12.5. The van der Waals surface area contributed by atoms with Crippen molar-refractivity contribution in [2.45, 2.75) is 26.4 Å². The minimum absolute atomic E-state index is 0.167. The van der Waals surface area contributed by atoms with Gasteiger partial charge in [0.2, 0.25) is 0 Å². The average molecular weight is 277 g/mol.